The normalized spacial score (nSPS) is 9.79. The fourth-order valence-corrected chi connectivity index (χ4v) is 1.44. The van der Waals surface area contributed by atoms with Crippen molar-refractivity contribution >= 4 is 18.3 Å². The maximum Gasteiger partial charge on any atom is 0.328 e. The molecule has 3 N–H and O–H groups in total. The van der Waals surface area contributed by atoms with Crippen LogP contribution >= 0.6 is 12.4 Å². The molecule has 19 heavy (non-hydrogen) atoms. The first-order valence-corrected chi connectivity index (χ1v) is 5.76. The zero-order valence-corrected chi connectivity index (χ0v) is 11.8. The average molecular weight is 291 g/mol. The number of aryl methyl sites for hydroxylation is 1. The summed E-state index contributed by atoms with van der Waals surface area (Å²) in [4.78, 5) is 36.3. The summed E-state index contributed by atoms with van der Waals surface area (Å²) in [5.41, 5.74) is -0.598. The highest BCUT2D eigenvalue weighted by atomic mass is 35.5. The quantitative estimate of drug-likeness (QED) is 0.585. The third-order valence-electron chi connectivity index (χ3n) is 2.43. The van der Waals surface area contributed by atoms with Crippen LogP contribution < -0.4 is 21.9 Å². The average Bonchev–Trinajstić information content (AvgIpc) is 2.32. The van der Waals surface area contributed by atoms with Gasteiger partial charge in [0, 0.05) is 18.3 Å². The predicted octanol–water partition coefficient (Wildman–Crippen LogP) is -1.01. The molecule has 0 aliphatic rings. The number of carbonyl (C=O) groups is 1. The van der Waals surface area contributed by atoms with Gasteiger partial charge < -0.3 is 10.6 Å². The molecule has 1 rings (SSSR count). The van der Waals surface area contributed by atoms with Crippen LogP contribution in [0.3, 0.4) is 0 Å². The molecule has 1 aromatic rings. The fraction of sp³-hybridized carbons (Fsp3) is 0.545. The Hall–Kier alpha value is -1.60. The van der Waals surface area contributed by atoms with Crippen LogP contribution in [-0.2, 0) is 11.3 Å². The molecule has 0 aliphatic carbocycles. The smallest absolute Gasteiger partial charge is 0.328 e. The topological polar surface area (TPSA) is 96.0 Å². The number of nitrogens with one attached hydrogen (secondary N) is 3. The molecule has 0 aromatic carbocycles. The first kappa shape index (κ1) is 17.4. The van der Waals surface area contributed by atoms with E-state index in [1.807, 2.05) is 7.05 Å². The summed E-state index contributed by atoms with van der Waals surface area (Å²) in [6, 6.07) is 0. The number of rotatable bonds is 6. The van der Waals surface area contributed by atoms with Gasteiger partial charge in [0.05, 0.1) is 0 Å². The van der Waals surface area contributed by atoms with Crippen molar-refractivity contribution in [1.82, 2.24) is 20.2 Å². The molecule has 0 unspecified atom stereocenters. The maximum absolute atomic E-state index is 11.5. The van der Waals surface area contributed by atoms with E-state index in [0.717, 1.165) is 13.0 Å². The fourth-order valence-electron chi connectivity index (χ4n) is 1.44. The van der Waals surface area contributed by atoms with E-state index in [9.17, 15) is 14.4 Å². The second-order valence-electron chi connectivity index (χ2n) is 4.01. The van der Waals surface area contributed by atoms with Crippen LogP contribution in [0, 0.1) is 6.92 Å². The van der Waals surface area contributed by atoms with E-state index in [2.05, 4.69) is 15.6 Å². The number of carbonyl (C=O) groups excluding carboxylic acids is 1. The Labute approximate surface area is 116 Å². The van der Waals surface area contributed by atoms with Gasteiger partial charge in [-0.1, -0.05) is 0 Å². The van der Waals surface area contributed by atoms with Gasteiger partial charge in [0.2, 0.25) is 5.91 Å². The molecular weight excluding hydrogens is 272 g/mol. The van der Waals surface area contributed by atoms with E-state index < -0.39 is 11.2 Å². The third-order valence-corrected chi connectivity index (χ3v) is 2.43. The molecule has 1 amide bonds. The summed E-state index contributed by atoms with van der Waals surface area (Å²) in [7, 11) is 1.84. The Morgan fingerprint density at radius 2 is 2.05 bits per heavy atom. The molecule has 0 saturated heterocycles. The minimum absolute atomic E-state index is 0. The van der Waals surface area contributed by atoms with Gasteiger partial charge in [-0.25, -0.2) is 4.79 Å². The van der Waals surface area contributed by atoms with Crippen LogP contribution in [-0.4, -0.2) is 35.6 Å². The molecule has 0 radical (unpaired) electrons. The molecule has 108 valence electrons. The lowest BCUT2D eigenvalue weighted by Gasteiger charge is -2.07. The molecule has 0 saturated carbocycles. The lowest BCUT2D eigenvalue weighted by atomic mass is 10.4. The van der Waals surface area contributed by atoms with Crippen molar-refractivity contribution < 1.29 is 4.79 Å². The van der Waals surface area contributed by atoms with E-state index in [1.165, 1.54) is 10.8 Å². The van der Waals surface area contributed by atoms with Crippen molar-refractivity contribution in [2.45, 2.75) is 19.9 Å². The standard InChI is InChI=1S/C11H18N4O3.ClH/c1-8-6-15(11(18)14-10(8)17)7-9(16)13-5-3-4-12-2;/h6,12H,3-5,7H2,1-2H3,(H,13,16)(H,14,17,18);1H. The highest BCUT2D eigenvalue weighted by molar-refractivity contribution is 5.85. The second kappa shape index (κ2) is 8.49. The van der Waals surface area contributed by atoms with Crippen molar-refractivity contribution in [2.24, 2.45) is 0 Å². The number of hydrogen-bond donors (Lipinski definition) is 3. The zero-order valence-electron chi connectivity index (χ0n) is 11.0. The van der Waals surface area contributed by atoms with Gasteiger partial charge in [-0.2, -0.15) is 0 Å². The van der Waals surface area contributed by atoms with Gasteiger partial charge in [-0.05, 0) is 26.9 Å². The van der Waals surface area contributed by atoms with Crippen LogP contribution in [0.1, 0.15) is 12.0 Å². The number of aromatic amines is 1. The Bertz CT molecular complexity index is 523. The van der Waals surface area contributed by atoms with Crippen LogP contribution in [0.4, 0.5) is 0 Å². The first-order valence-electron chi connectivity index (χ1n) is 5.76. The molecule has 0 aliphatic heterocycles. The molecule has 0 spiro atoms. The van der Waals surface area contributed by atoms with Crippen molar-refractivity contribution in [2.75, 3.05) is 20.1 Å². The number of aromatic nitrogens is 2. The Balaban J connectivity index is 0.00000324. The summed E-state index contributed by atoms with van der Waals surface area (Å²) in [5, 5.41) is 5.66. The molecule has 0 atom stereocenters. The van der Waals surface area contributed by atoms with E-state index >= 15 is 0 Å². The zero-order chi connectivity index (χ0) is 13.5. The lowest BCUT2D eigenvalue weighted by molar-refractivity contribution is -0.121. The minimum atomic E-state index is -0.573. The summed E-state index contributed by atoms with van der Waals surface area (Å²) >= 11 is 0. The summed E-state index contributed by atoms with van der Waals surface area (Å²) < 4.78 is 1.18. The molecular formula is C11H19ClN4O3. The Morgan fingerprint density at radius 1 is 1.37 bits per heavy atom. The first-order chi connectivity index (χ1) is 8.54. The summed E-state index contributed by atoms with van der Waals surface area (Å²) in [5.74, 6) is -0.250. The molecule has 0 fully saturated rings. The van der Waals surface area contributed by atoms with E-state index in [4.69, 9.17) is 0 Å². The Kier molecular flexibility index (Phi) is 7.78. The van der Waals surface area contributed by atoms with Gasteiger partial charge in [-0.3, -0.25) is 19.1 Å². The molecule has 0 bridgehead atoms. The van der Waals surface area contributed by atoms with E-state index in [0.29, 0.717) is 12.1 Å². The number of halogens is 1. The molecule has 8 heteroatoms. The van der Waals surface area contributed by atoms with Crippen molar-refractivity contribution in [1.29, 1.82) is 0 Å². The second-order valence-corrected chi connectivity index (χ2v) is 4.01. The highest BCUT2D eigenvalue weighted by Crippen LogP contribution is 1.85. The van der Waals surface area contributed by atoms with Crippen molar-refractivity contribution in [3.05, 3.63) is 32.6 Å². The van der Waals surface area contributed by atoms with Crippen LogP contribution in [0.5, 0.6) is 0 Å². The van der Waals surface area contributed by atoms with Gasteiger partial charge >= 0.3 is 5.69 Å². The number of H-pyrrole nitrogens is 1. The largest absolute Gasteiger partial charge is 0.355 e. The predicted molar refractivity (Wildman–Crippen MR) is 74.9 cm³/mol. The van der Waals surface area contributed by atoms with Crippen molar-refractivity contribution in [3.8, 4) is 0 Å². The van der Waals surface area contributed by atoms with Gasteiger partial charge in [-0.15, -0.1) is 12.4 Å². The SMILES string of the molecule is CNCCCNC(=O)Cn1cc(C)c(=O)[nH]c1=O.Cl. The molecule has 1 aromatic heterocycles. The summed E-state index contributed by atoms with van der Waals surface area (Å²) in [6.45, 7) is 2.87. The van der Waals surface area contributed by atoms with E-state index in [1.54, 1.807) is 6.92 Å². The molecule has 7 nitrogen and oxygen atoms in total. The monoisotopic (exact) mass is 290 g/mol. The number of nitrogens with zero attached hydrogens (tertiary/aromatic N) is 1. The van der Waals surface area contributed by atoms with Crippen LogP contribution in [0.2, 0.25) is 0 Å². The third kappa shape index (κ3) is 5.71. The highest BCUT2D eigenvalue weighted by Gasteiger charge is 2.05. The number of hydrogen-bond acceptors (Lipinski definition) is 4. The van der Waals surface area contributed by atoms with Gasteiger partial charge in [0.25, 0.3) is 5.56 Å². The van der Waals surface area contributed by atoms with Crippen LogP contribution in [0.25, 0.3) is 0 Å². The van der Waals surface area contributed by atoms with Crippen LogP contribution in [0.15, 0.2) is 15.8 Å². The summed E-state index contributed by atoms with van der Waals surface area (Å²) in [6.07, 6.45) is 2.20. The van der Waals surface area contributed by atoms with Gasteiger partial charge in [0.15, 0.2) is 0 Å². The van der Waals surface area contributed by atoms with Gasteiger partial charge in [0.1, 0.15) is 6.54 Å². The maximum atomic E-state index is 11.5. The molecule has 1 heterocycles. The van der Waals surface area contributed by atoms with Crippen molar-refractivity contribution in [3.63, 3.8) is 0 Å². The lowest BCUT2D eigenvalue weighted by Crippen LogP contribution is -2.37. The van der Waals surface area contributed by atoms with E-state index in [-0.39, 0.29) is 24.9 Å². The minimum Gasteiger partial charge on any atom is -0.355 e. The Morgan fingerprint density at radius 3 is 2.68 bits per heavy atom. The number of amides is 1.